The third kappa shape index (κ3) is 4.88. The molecule has 1 heterocycles. The van der Waals surface area contributed by atoms with E-state index in [2.05, 4.69) is 4.90 Å². The molecule has 1 aliphatic rings. The summed E-state index contributed by atoms with van der Waals surface area (Å²) in [6.45, 7) is 4.24. The number of amides is 1. The largest absolute Gasteiger partial charge is 0.491 e. The molecule has 1 aliphatic heterocycles. The van der Waals surface area contributed by atoms with E-state index in [1.165, 1.54) is 0 Å². The average molecular weight is 313 g/mol. The molecule has 0 bridgehead atoms. The van der Waals surface area contributed by atoms with Crippen molar-refractivity contribution in [2.75, 3.05) is 45.9 Å². The minimum Gasteiger partial charge on any atom is -0.491 e. The van der Waals surface area contributed by atoms with Crippen molar-refractivity contribution in [3.8, 4) is 5.75 Å². The number of para-hydroxylation sites is 1. The zero-order valence-corrected chi connectivity index (χ0v) is 12.8. The lowest BCUT2D eigenvalue weighted by Gasteiger charge is -2.34. The fourth-order valence-electron chi connectivity index (χ4n) is 2.33. The van der Waals surface area contributed by atoms with E-state index >= 15 is 0 Å². The topological polar surface area (TPSA) is 53.0 Å². The Morgan fingerprint density at radius 3 is 2.62 bits per heavy atom. The molecule has 1 amide bonds. The van der Waals surface area contributed by atoms with Crippen LogP contribution >= 0.6 is 11.6 Å². The molecule has 0 aliphatic carbocycles. The number of hydrogen-bond acceptors (Lipinski definition) is 4. The zero-order valence-electron chi connectivity index (χ0n) is 12.0. The molecule has 6 heteroatoms. The second-order valence-corrected chi connectivity index (χ2v) is 5.38. The van der Waals surface area contributed by atoms with E-state index in [0.29, 0.717) is 43.4 Å². The van der Waals surface area contributed by atoms with Crippen molar-refractivity contribution < 1.29 is 14.6 Å². The van der Waals surface area contributed by atoms with Gasteiger partial charge in [0.2, 0.25) is 5.91 Å². The molecule has 21 heavy (non-hydrogen) atoms. The molecule has 0 unspecified atom stereocenters. The summed E-state index contributed by atoms with van der Waals surface area (Å²) in [6.07, 6.45) is 0.352. The highest BCUT2D eigenvalue weighted by molar-refractivity contribution is 6.32. The van der Waals surface area contributed by atoms with Crippen molar-refractivity contribution >= 4 is 17.5 Å². The first-order chi connectivity index (χ1) is 10.2. The molecular weight excluding hydrogens is 292 g/mol. The molecule has 1 N–H and O–H groups in total. The summed E-state index contributed by atoms with van der Waals surface area (Å²) in [5, 5.41) is 9.45. The standard InChI is InChI=1S/C15H21ClN2O3/c16-13-3-1-2-4-14(13)21-12-5-15(20)18-8-6-17(7-9-18)10-11-19/h1-4,19H,5-12H2. The third-order valence-electron chi connectivity index (χ3n) is 3.55. The lowest BCUT2D eigenvalue weighted by Crippen LogP contribution is -2.49. The van der Waals surface area contributed by atoms with Crippen molar-refractivity contribution in [1.82, 2.24) is 9.80 Å². The third-order valence-corrected chi connectivity index (χ3v) is 3.86. The van der Waals surface area contributed by atoms with E-state index in [1.54, 1.807) is 12.1 Å². The number of piperazine rings is 1. The number of aliphatic hydroxyl groups excluding tert-OH is 1. The average Bonchev–Trinajstić information content (AvgIpc) is 2.50. The van der Waals surface area contributed by atoms with Crippen LogP contribution in [0.2, 0.25) is 5.02 Å². The van der Waals surface area contributed by atoms with Crippen LogP contribution in [0.3, 0.4) is 0 Å². The van der Waals surface area contributed by atoms with Crippen LogP contribution in [-0.2, 0) is 4.79 Å². The van der Waals surface area contributed by atoms with Gasteiger partial charge in [-0.05, 0) is 12.1 Å². The highest BCUT2D eigenvalue weighted by Gasteiger charge is 2.20. The molecule has 1 aromatic rings. The molecule has 0 aromatic heterocycles. The van der Waals surface area contributed by atoms with Gasteiger partial charge in [-0.1, -0.05) is 23.7 Å². The van der Waals surface area contributed by atoms with Gasteiger partial charge in [-0.2, -0.15) is 0 Å². The van der Waals surface area contributed by atoms with E-state index in [9.17, 15) is 4.79 Å². The number of halogens is 1. The van der Waals surface area contributed by atoms with E-state index in [0.717, 1.165) is 13.1 Å². The maximum absolute atomic E-state index is 12.1. The summed E-state index contributed by atoms with van der Waals surface area (Å²) < 4.78 is 5.54. The summed E-state index contributed by atoms with van der Waals surface area (Å²) >= 11 is 5.99. The summed E-state index contributed by atoms with van der Waals surface area (Å²) in [6, 6.07) is 7.25. The first-order valence-electron chi connectivity index (χ1n) is 7.19. The fourth-order valence-corrected chi connectivity index (χ4v) is 2.52. The van der Waals surface area contributed by atoms with Gasteiger partial charge in [0.1, 0.15) is 5.75 Å². The monoisotopic (exact) mass is 312 g/mol. The number of nitrogens with zero attached hydrogens (tertiary/aromatic N) is 2. The molecule has 5 nitrogen and oxygen atoms in total. The van der Waals surface area contributed by atoms with Crippen molar-refractivity contribution in [3.05, 3.63) is 29.3 Å². The number of rotatable bonds is 6. The van der Waals surface area contributed by atoms with Gasteiger partial charge in [-0.25, -0.2) is 0 Å². The Kier molecular flexibility index (Phi) is 6.29. The minimum atomic E-state index is 0.103. The maximum atomic E-state index is 12.1. The Morgan fingerprint density at radius 2 is 1.95 bits per heavy atom. The second kappa shape index (κ2) is 8.22. The Labute approximate surface area is 130 Å². The first-order valence-corrected chi connectivity index (χ1v) is 7.57. The van der Waals surface area contributed by atoms with Gasteiger partial charge < -0.3 is 14.7 Å². The predicted octanol–water partition coefficient (Wildman–Crippen LogP) is 1.25. The molecule has 0 atom stereocenters. The van der Waals surface area contributed by atoms with Crippen LogP contribution in [-0.4, -0.2) is 66.8 Å². The number of carbonyl (C=O) groups excluding carboxylic acids is 1. The lowest BCUT2D eigenvalue weighted by atomic mass is 10.3. The quantitative estimate of drug-likeness (QED) is 0.859. The van der Waals surface area contributed by atoms with E-state index in [-0.39, 0.29) is 12.5 Å². The van der Waals surface area contributed by atoms with E-state index in [1.807, 2.05) is 17.0 Å². The molecule has 1 fully saturated rings. The highest BCUT2D eigenvalue weighted by atomic mass is 35.5. The smallest absolute Gasteiger partial charge is 0.226 e. The normalized spacial score (nSPS) is 16.0. The summed E-state index contributed by atoms with van der Waals surface area (Å²) in [5.41, 5.74) is 0. The van der Waals surface area contributed by atoms with Crippen molar-refractivity contribution in [1.29, 1.82) is 0 Å². The van der Waals surface area contributed by atoms with Crippen molar-refractivity contribution in [3.63, 3.8) is 0 Å². The number of β-amino-alcohol motifs (C(OH)–C–C–N with tert-alkyl or cyclic N) is 1. The van der Waals surface area contributed by atoms with Crippen LogP contribution in [0.5, 0.6) is 5.75 Å². The molecule has 0 spiro atoms. The Balaban J connectivity index is 1.70. The number of benzene rings is 1. The van der Waals surface area contributed by atoms with Crippen LogP contribution < -0.4 is 4.74 Å². The van der Waals surface area contributed by atoms with Crippen LogP contribution in [0.1, 0.15) is 6.42 Å². The predicted molar refractivity (Wildman–Crippen MR) is 81.7 cm³/mol. The lowest BCUT2D eigenvalue weighted by molar-refractivity contribution is -0.133. The SMILES string of the molecule is O=C(CCOc1ccccc1Cl)N1CCN(CCO)CC1. The number of ether oxygens (including phenoxy) is 1. The van der Waals surface area contributed by atoms with E-state index in [4.69, 9.17) is 21.4 Å². The van der Waals surface area contributed by atoms with Crippen LogP contribution in [0.15, 0.2) is 24.3 Å². The van der Waals surface area contributed by atoms with Gasteiger partial charge in [-0.15, -0.1) is 0 Å². The molecule has 1 aromatic carbocycles. The molecule has 0 saturated carbocycles. The van der Waals surface area contributed by atoms with Gasteiger partial charge in [-0.3, -0.25) is 9.69 Å². The van der Waals surface area contributed by atoms with Gasteiger partial charge in [0.05, 0.1) is 24.7 Å². The fraction of sp³-hybridized carbons (Fsp3) is 0.533. The van der Waals surface area contributed by atoms with Crippen molar-refractivity contribution in [2.45, 2.75) is 6.42 Å². The van der Waals surface area contributed by atoms with Gasteiger partial charge in [0, 0.05) is 32.7 Å². The molecule has 2 rings (SSSR count). The Hall–Kier alpha value is -1.30. The maximum Gasteiger partial charge on any atom is 0.226 e. The summed E-state index contributed by atoms with van der Waals surface area (Å²) in [5.74, 6) is 0.713. The number of aliphatic hydroxyl groups is 1. The minimum absolute atomic E-state index is 0.103. The highest BCUT2D eigenvalue weighted by Crippen LogP contribution is 2.23. The van der Waals surface area contributed by atoms with Gasteiger partial charge in [0.25, 0.3) is 0 Å². The number of carbonyl (C=O) groups is 1. The van der Waals surface area contributed by atoms with Crippen molar-refractivity contribution in [2.24, 2.45) is 0 Å². The van der Waals surface area contributed by atoms with Crippen LogP contribution in [0.4, 0.5) is 0 Å². The number of hydrogen-bond donors (Lipinski definition) is 1. The second-order valence-electron chi connectivity index (χ2n) is 4.97. The Bertz CT molecular complexity index is 462. The van der Waals surface area contributed by atoms with E-state index < -0.39 is 0 Å². The van der Waals surface area contributed by atoms with Gasteiger partial charge >= 0.3 is 0 Å². The molecule has 0 radical (unpaired) electrons. The Morgan fingerprint density at radius 1 is 1.24 bits per heavy atom. The van der Waals surface area contributed by atoms with Crippen LogP contribution in [0, 0.1) is 0 Å². The summed E-state index contributed by atoms with van der Waals surface area (Å²) in [4.78, 5) is 16.1. The molecular formula is C15H21ClN2O3. The first kappa shape index (κ1) is 16.1. The van der Waals surface area contributed by atoms with Crippen LogP contribution in [0.25, 0.3) is 0 Å². The summed E-state index contributed by atoms with van der Waals surface area (Å²) in [7, 11) is 0. The molecule has 116 valence electrons. The zero-order chi connectivity index (χ0) is 15.1. The molecule has 1 saturated heterocycles. The van der Waals surface area contributed by atoms with Gasteiger partial charge in [0.15, 0.2) is 0 Å².